The van der Waals surface area contributed by atoms with Crippen LogP contribution in [0.4, 0.5) is 4.39 Å². The fourth-order valence-electron chi connectivity index (χ4n) is 5.36. The second-order valence-electron chi connectivity index (χ2n) is 16.7. The molecule has 0 aliphatic heterocycles. The third-order valence-corrected chi connectivity index (χ3v) is 10.1. The normalized spacial score (nSPS) is 11.4. The SMILES string of the molecule is BrBr.BrBr.C.CC(=O)O.CC(=O)O.CC1=CC(=CO)C(=O)[C-]=C1.Cc1c[c-]c(O)cc1.Cc1c[c-]cc(C)c1.Cc1c[c-]cc(C=O)c1.Cc1cc(Br)c(O)c(C=O)c1.Cc1ccc(O)c(C=O)c1.O=C1[C-]=CC(Br)=CC1=CO.O=C1[C-]=CC=CC1=CO.[2H]CF.[Br-].[CH2-]C.[Mg+2].[Y].[Y].[Y].[Y].[Y].[Y]. The molecule has 0 unspecified atom stereocenters. The first kappa shape index (κ1) is 133. The molecule has 3 aliphatic rings. The summed E-state index contributed by atoms with van der Waals surface area (Å²) in [4.78, 5) is 80.8. The fourth-order valence-corrected chi connectivity index (χ4v) is 6.31. The number of carboxylic acid groups (broad SMARTS) is 2. The van der Waals surface area contributed by atoms with Gasteiger partial charge in [0.15, 0.2) is 12.6 Å². The van der Waals surface area contributed by atoms with Crippen molar-refractivity contribution in [1.82, 2.24) is 0 Å². The number of Topliss-reactive ketones (excluding diaryl/α,β-unsaturated/α-hetero) is 3. The van der Waals surface area contributed by atoms with Gasteiger partial charge in [-0.1, -0.05) is 80.4 Å². The van der Waals surface area contributed by atoms with Gasteiger partial charge in [-0.3, -0.25) is 23.6 Å². The maximum Gasteiger partial charge on any atom is 2.00 e. The Labute approximate surface area is 815 Å². The molecule has 0 bridgehead atoms. The van der Waals surface area contributed by atoms with E-state index >= 15 is 0 Å². The first-order valence-electron chi connectivity index (χ1n) is 25.8. The van der Waals surface area contributed by atoms with Gasteiger partial charge < -0.3 is 83.9 Å². The van der Waals surface area contributed by atoms with Crippen molar-refractivity contribution in [2.75, 3.05) is 7.15 Å². The third kappa shape index (κ3) is 79.2. The van der Waals surface area contributed by atoms with Crippen molar-refractivity contribution >= 4 is 160 Å². The van der Waals surface area contributed by atoms with Gasteiger partial charge >= 0.3 is 23.1 Å². The van der Waals surface area contributed by atoms with Gasteiger partial charge in [0, 0.05) is 291 Å². The largest absolute Gasteiger partial charge is 2.00 e. The topological polar surface area (TPSA) is 298 Å². The average molecular weight is 2300 g/mol. The van der Waals surface area contributed by atoms with Gasteiger partial charge in [-0.05, 0) is 59.6 Å². The number of aldehydes is 3. The zero-order chi connectivity index (χ0) is 72.3. The van der Waals surface area contributed by atoms with Crippen LogP contribution in [0.3, 0.4) is 0 Å². The molecule has 8 N–H and O–H groups in total. The second-order valence-corrected chi connectivity index (χ2v) is 18.5. The van der Waals surface area contributed by atoms with Crippen LogP contribution in [0.15, 0.2) is 177 Å². The monoisotopic (exact) mass is 2290 g/mol. The van der Waals surface area contributed by atoms with E-state index in [-0.39, 0.29) is 289 Å². The van der Waals surface area contributed by atoms with E-state index in [1.165, 1.54) is 41.5 Å². The van der Waals surface area contributed by atoms with Gasteiger partial charge in [0.05, 0.1) is 47.8 Å². The molecular weight excluding hydrogens is 2220 g/mol. The van der Waals surface area contributed by atoms with Crippen molar-refractivity contribution in [3.8, 4) is 17.2 Å². The van der Waals surface area contributed by atoms with Crippen LogP contribution >= 0.6 is 88.4 Å². The molecule has 0 fully saturated rings. The Balaban J connectivity index is -0.0000000617. The van der Waals surface area contributed by atoms with E-state index in [2.05, 4.69) is 152 Å². The van der Waals surface area contributed by atoms with Crippen LogP contribution in [0.2, 0.25) is 0 Å². The second kappa shape index (κ2) is 91.6. The predicted octanol–water partition coefficient (Wildman–Crippen LogP) is 15.1. The van der Waals surface area contributed by atoms with Gasteiger partial charge in [0.1, 0.15) is 11.5 Å². The Morgan fingerprint density at radius 2 is 0.950 bits per heavy atom. The standard InChI is InChI=1S/C8H7BrO2.C8H8O2.C8H7O2.C8H7O.C8H9.C7H4BrO2.C7H5O2.C7H7O.2C2H4O2.C2H5.CH3F.CH4.2Br2.BrH.Mg.6Y/c1-5-2-6(4-10)8(11)7(9)3-5;2*1-6-2-3-8(10)7(4-6)5-9;1-7-3-2-4-8(5-7)6-9;1-7-4-3-5-8(2)6-7;8-6-1-2-7(10)5(3-6)4-9;8-5-6-3-1-2-4-7(6)9;1-6-2-4-7(8)5-3-6;2*1-2(3)4;2*1-2;;2*1-2;;;;;;;;/h2-4,11H,1H3;2-5,10H,1H3;2,4-5,9H,1H3;3-6H,1H3;4-6H,1-2H3;1,3-4,9H;1-3,5,8H;2-4,8H,1H3;2*1H3,(H,3,4);1H2,2H3;1H3;1H4;;;1H;;;;;;;/q;;6*-1;;;-1;;;;;;+2;;;;;;/p-1/i;;;;;;;;;;;1D;;;;;;;;;;;. The number of aliphatic hydroxyl groups is 3. The Kier molecular flexibility index (Phi) is 122. The number of hydrogen-bond donors (Lipinski definition) is 8. The number of alkyl halides is 1. The quantitative estimate of drug-likeness (QED) is 0.0274. The molecule has 31 heteroatoms. The van der Waals surface area contributed by atoms with Crippen LogP contribution < -0.4 is 17.0 Å². The molecule has 100 heavy (non-hydrogen) atoms. The number of halogens is 8. The van der Waals surface area contributed by atoms with Crippen molar-refractivity contribution in [1.29, 1.82) is 0 Å². The summed E-state index contributed by atoms with van der Waals surface area (Å²) >= 11 is 17.3. The zero-order valence-electron chi connectivity index (χ0n) is 56.5. The number of carbonyl (C=O) groups is 8. The number of aliphatic carboxylic acids is 2. The minimum Gasteiger partial charge on any atom is -1.00 e. The number of carboxylic acids is 2. The van der Waals surface area contributed by atoms with Crippen LogP contribution in [-0.2, 0) is 220 Å². The van der Waals surface area contributed by atoms with Gasteiger partial charge in [-0.25, -0.2) is 0 Å². The molecule has 6 radical (unpaired) electrons. The first-order valence-corrected chi connectivity index (χ1v) is 34.2. The average Bonchev–Trinajstić information content (AvgIpc) is 0.914. The van der Waals surface area contributed by atoms with E-state index in [1.807, 2.05) is 65.0 Å². The minimum absolute atomic E-state index is 0. The van der Waals surface area contributed by atoms with E-state index in [0.717, 1.165) is 71.2 Å². The number of phenols is 3. The maximum atomic E-state index is 10.8. The number of aliphatic hydroxyl groups excluding tert-OH is 3. The molecular formula is C69H74Br7FMgO16Y6-6. The Morgan fingerprint density at radius 3 is 1.27 bits per heavy atom. The molecule has 0 spiro atoms. The molecule has 528 valence electrons. The summed E-state index contributed by atoms with van der Waals surface area (Å²) in [7, 11) is -1.00. The van der Waals surface area contributed by atoms with Crippen molar-refractivity contribution in [2.24, 2.45) is 0 Å². The molecule has 5 aromatic carbocycles. The van der Waals surface area contributed by atoms with Gasteiger partial charge in [0.25, 0.3) is 11.9 Å². The molecule has 0 saturated carbocycles. The van der Waals surface area contributed by atoms with Crippen LogP contribution in [0.1, 0.15) is 101 Å². The smallest absolute Gasteiger partial charge is 1.00 e. The van der Waals surface area contributed by atoms with E-state index in [0.29, 0.717) is 39.3 Å². The van der Waals surface area contributed by atoms with Crippen LogP contribution in [0.5, 0.6) is 17.2 Å². The maximum absolute atomic E-state index is 10.8. The number of carbonyl (C=O) groups excluding carboxylic acids is 6. The number of hydrogen-bond acceptors (Lipinski definition) is 14. The Bertz CT molecular complexity index is 3250. The van der Waals surface area contributed by atoms with Crippen molar-refractivity contribution in [3.63, 3.8) is 0 Å². The number of allylic oxidation sites excluding steroid dienone is 15. The summed E-state index contributed by atoms with van der Waals surface area (Å²) in [5, 5.41) is 67.1. The number of aryl methyl sites for hydroxylation is 6. The molecule has 0 amide bonds. The molecule has 0 heterocycles. The minimum atomic E-state index is -1.00. The van der Waals surface area contributed by atoms with E-state index in [1.54, 1.807) is 67.6 Å². The van der Waals surface area contributed by atoms with Gasteiger partial charge in [-0.2, -0.15) is 132 Å². The third-order valence-electron chi connectivity index (χ3n) is 9.03. The molecule has 8 rings (SSSR count). The molecule has 0 atom stereocenters. The number of benzene rings is 5. The zero-order valence-corrected chi connectivity index (χ0v) is 85.1. The van der Waals surface area contributed by atoms with Crippen molar-refractivity contribution in [2.45, 2.75) is 76.7 Å². The first-order chi connectivity index (χ1) is 43.5. The summed E-state index contributed by atoms with van der Waals surface area (Å²) in [6, 6.07) is 33.5. The summed E-state index contributed by atoms with van der Waals surface area (Å²) in [6.07, 6.45) is 22.7. The summed E-state index contributed by atoms with van der Waals surface area (Å²) in [5.41, 5.74) is 9.74. The molecule has 0 saturated heterocycles. The van der Waals surface area contributed by atoms with E-state index in [4.69, 9.17) is 46.7 Å². The molecule has 5 aromatic rings. The number of ketones is 3. The fraction of sp³-hybridized carbons (Fsp3) is 0.174. The van der Waals surface area contributed by atoms with E-state index < -0.39 is 19.1 Å². The number of aromatic hydroxyl groups is 3. The Morgan fingerprint density at radius 1 is 0.550 bits per heavy atom. The van der Waals surface area contributed by atoms with Crippen molar-refractivity contribution in [3.05, 3.63) is 271 Å². The number of phenolic OH excluding ortho intramolecular Hbond substituents is 3. The van der Waals surface area contributed by atoms with Gasteiger partial charge in [0.2, 0.25) is 0 Å². The van der Waals surface area contributed by atoms with Crippen LogP contribution in [0.25, 0.3) is 0 Å². The van der Waals surface area contributed by atoms with E-state index in [9.17, 15) is 38.3 Å². The number of rotatable bonds is 3. The van der Waals surface area contributed by atoms with Gasteiger partial charge in [-0.15, -0.1) is 52.4 Å². The summed E-state index contributed by atoms with van der Waals surface area (Å²) in [5.74, 6) is -2.26. The van der Waals surface area contributed by atoms with Crippen molar-refractivity contribution < 1.29 is 298 Å². The Hall–Kier alpha value is 0.200. The van der Waals surface area contributed by atoms with Crippen LogP contribution in [0, 0.1) is 84.9 Å². The molecule has 16 nitrogen and oxygen atoms in total. The summed E-state index contributed by atoms with van der Waals surface area (Å²) < 4.78 is 16.8. The van der Waals surface area contributed by atoms with Crippen LogP contribution in [-0.4, -0.2) is 119 Å². The predicted molar refractivity (Wildman–Crippen MR) is 389 cm³/mol. The molecule has 0 aromatic heterocycles. The molecule has 3 aliphatic carbocycles. The summed E-state index contributed by atoms with van der Waals surface area (Å²) in [6.45, 7) is 20.8.